The zero-order valence-corrected chi connectivity index (χ0v) is 38.6. The highest BCUT2D eigenvalue weighted by molar-refractivity contribution is 6.15. The van der Waals surface area contributed by atoms with E-state index in [0.717, 1.165) is 72.8 Å². The Morgan fingerprint density at radius 2 is 0.859 bits per heavy atom. The number of furan rings is 1. The molecule has 0 saturated heterocycles. The maximum atomic E-state index is 6.84. The van der Waals surface area contributed by atoms with Crippen molar-refractivity contribution in [3.05, 3.63) is 305 Å². The molecule has 0 amide bonds. The molecule has 0 atom stereocenters. The highest BCUT2D eigenvalue weighted by atomic mass is 16.5. The predicted octanol–water partition coefficient (Wildman–Crippen LogP) is 17.6. The molecule has 0 fully saturated rings. The van der Waals surface area contributed by atoms with Gasteiger partial charge in [-0.05, 0) is 116 Å². The molecular weight excluding hydrogens is 863 g/mol. The Bertz CT molecular complexity index is 4020. The first-order chi connectivity index (χ1) is 35.2. The molecule has 0 radical (unpaired) electrons. The lowest BCUT2D eigenvalue weighted by atomic mass is 9.66. The summed E-state index contributed by atoms with van der Waals surface area (Å²) in [6, 6.07) is 95.3. The molecule has 11 aromatic carbocycles. The molecule has 3 heteroatoms. The molecule has 15 rings (SSSR count). The topological polar surface area (TPSA) is 25.6 Å². The fourth-order valence-electron chi connectivity index (χ4n) is 12.9. The van der Waals surface area contributed by atoms with Gasteiger partial charge in [-0.3, -0.25) is 0 Å². The summed E-state index contributed by atoms with van der Waals surface area (Å²) in [6.45, 7) is 0. The number of para-hydroxylation sites is 2. The molecule has 332 valence electrons. The molecule has 1 aromatic heterocycles. The van der Waals surface area contributed by atoms with E-state index >= 15 is 0 Å². The van der Waals surface area contributed by atoms with E-state index in [1.54, 1.807) is 0 Å². The summed E-state index contributed by atoms with van der Waals surface area (Å²) in [7, 11) is 0. The first-order valence-corrected chi connectivity index (χ1v) is 24.5. The largest absolute Gasteiger partial charge is 0.457 e. The maximum Gasteiger partial charge on any atom is 0.137 e. The van der Waals surface area contributed by atoms with Crippen LogP contribution in [-0.4, -0.2) is 0 Å². The molecule has 12 aromatic rings. The molecule has 1 aliphatic heterocycles. The van der Waals surface area contributed by atoms with E-state index in [4.69, 9.17) is 9.15 Å². The normalized spacial score (nSPS) is 14.0. The van der Waals surface area contributed by atoms with Gasteiger partial charge >= 0.3 is 0 Å². The van der Waals surface area contributed by atoms with Gasteiger partial charge < -0.3 is 14.1 Å². The lowest BCUT2D eigenvalue weighted by Gasteiger charge is -2.39. The van der Waals surface area contributed by atoms with Crippen LogP contribution in [0.5, 0.6) is 11.5 Å². The van der Waals surface area contributed by atoms with Gasteiger partial charge in [0.25, 0.3) is 0 Å². The second-order valence-electron chi connectivity index (χ2n) is 19.0. The van der Waals surface area contributed by atoms with E-state index in [1.807, 2.05) is 0 Å². The van der Waals surface area contributed by atoms with Crippen LogP contribution in [0, 0.1) is 0 Å². The fraction of sp³-hybridized carbons (Fsp3) is 0.0294. The molecule has 1 spiro atoms. The second kappa shape index (κ2) is 15.2. The first kappa shape index (κ1) is 39.8. The molecule has 2 aliphatic carbocycles. The Kier molecular flexibility index (Phi) is 8.49. The predicted molar refractivity (Wildman–Crippen MR) is 289 cm³/mol. The van der Waals surface area contributed by atoms with Gasteiger partial charge in [0.2, 0.25) is 0 Å². The third kappa shape index (κ3) is 5.43. The minimum atomic E-state index is -0.644. The quantitative estimate of drug-likeness (QED) is 0.166. The van der Waals surface area contributed by atoms with Crippen LogP contribution in [0.15, 0.2) is 265 Å². The molecule has 0 saturated carbocycles. The number of anilines is 3. The molecular formula is C68H43NO2. The summed E-state index contributed by atoms with van der Waals surface area (Å²) in [5.74, 6) is 1.74. The molecule has 3 aliphatic rings. The first-order valence-electron chi connectivity index (χ1n) is 24.5. The summed E-state index contributed by atoms with van der Waals surface area (Å²) in [6.07, 6.45) is 0. The summed E-state index contributed by atoms with van der Waals surface area (Å²) in [5.41, 5.74) is 20.5. The molecule has 0 bridgehead atoms. The van der Waals surface area contributed by atoms with Crippen LogP contribution in [0.3, 0.4) is 0 Å². The average molecular weight is 906 g/mol. The van der Waals surface area contributed by atoms with Crippen LogP contribution in [0.25, 0.3) is 55.3 Å². The van der Waals surface area contributed by atoms with Gasteiger partial charge in [0.15, 0.2) is 0 Å². The molecule has 2 heterocycles. The van der Waals surface area contributed by atoms with Gasteiger partial charge in [0, 0.05) is 27.8 Å². The van der Waals surface area contributed by atoms with Crippen molar-refractivity contribution in [2.75, 3.05) is 4.90 Å². The average Bonchev–Trinajstić information content (AvgIpc) is 4.08. The van der Waals surface area contributed by atoms with E-state index in [9.17, 15) is 0 Å². The lowest BCUT2D eigenvalue weighted by Crippen LogP contribution is -2.32. The summed E-state index contributed by atoms with van der Waals surface area (Å²) < 4.78 is 13.6. The smallest absolute Gasteiger partial charge is 0.137 e. The van der Waals surface area contributed by atoms with Crippen molar-refractivity contribution in [3.8, 4) is 44.9 Å². The van der Waals surface area contributed by atoms with E-state index in [1.165, 1.54) is 55.6 Å². The van der Waals surface area contributed by atoms with Gasteiger partial charge in [-0.15, -0.1) is 0 Å². The maximum absolute atomic E-state index is 6.84. The van der Waals surface area contributed by atoms with Crippen LogP contribution < -0.4 is 9.64 Å². The number of hydrogen-bond acceptors (Lipinski definition) is 3. The Labute approximate surface area is 412 Å². The summed E-state index contributed by atoms with van der Waals surface area (Å²) >= 11 is 0. The number of benzene rings is 11. The third-order valence-corrected chi connectivity index (χ3v) is 15.6. The highest BCUT2D eigenvalue weighted by Crippen LogP contribution is 2.65. The van der Waals surface area contributed by atoms with Crippen molar-refractivity contribution < 1.29 is 9.15 Å². The summed E-state index contributed by atoms with van der Waals surface area (Å²) in [5, 5.41) is 2.12. The van der Waals surface area contributed by atoms with Gasteiger partial charge in [-0.2, -0.15) is 0 Å². The highest BCUT2D eigenvalue weighted by Gasteiger charge is 2.52. The van der Waals surface area contributed by atoms with Crippen LogP contribution in [0.1, 0.15) is 44.5 Å². The minimum Gasteiger partial charge on any atom is -0.457 e. The van der Waals surface area contributed by atoms with Gasteiger partial charge in [0.05, 0.1) is 27.6 Å². The third-order valence-electron chi connectivity index (χ3n) is 15.6. The Balaban J connectivity index is 1.06. The van der Waals surface area contributed by atoms with E-state index < -0.39 is 10.8 Å². The fourth-order valence-corrected chi connectivity index (χ4v) is 12.9. The van der Waals surface area contributed by atoms with Crippen LogP contribution in [0.2, 0.25) is 0 Å². The Hall–Kier alpha value is -9.18. The van der Waals surface area contributed by atoms with Crippen molar-refractivity contribution >= 4 is 39.0 Å². The van der Waals surface area contributed by atoms with Crippen LogP contribution in [0.4, 0.5) is 17.1 Å². The van der Waals surface area contributed by atoms with Gasteiger partial charge in [0.1, 0.15) is 22.7 Å². The zero-order valence-electron chi connectivity index (χ0n) is 38.6. The molecule has 71 heavy (non-hydrogen) atoms. The van der Waals surface area contributed by atoms with Crippen molar-refractivity contribution in [1.29, 1.82) is 0 Å². The number of hydrogen-bond donors (Lipinski definition) is 0. The Morgan fingerprint density at radius 3 is 1.56 bits per heavy atom. The van der Waals surface area contributed by atoms with Crippen LogP contribution in [-0.2, 0) is 10.8 Å². The molecule has 0 N–H and O–H groups in total. The lowest BCUT2D eigenvalue weighted by molar-refractivity contribution is 0.436. The van der Waals surface area contributed by atoms with Gasteiger partial charge in [-0.25, -0.2) is 0 Å². The monoisotopic (exact) mass is 905 g/mol. The SMILES string of the molecule is c1ccc(-c2ccc3oc4cccc(N(c5cccc(C6(c7ccccc7)c7ccccc7-c7ccccc76)c5)c5cccc6c5-c5ccccc5C65c6ccccc6Oc6ccccc65)c4c3c2)cc1. The minimum absolute atomic E-state index is 0.597. The van der Waals surface area contributed by atoms with E-state index in [-0.39, 0.29) is 0 Å². The van der Waals surface area contributed by atoms with E-state index in [0.29, 0.717) is 0 Å². The number of rotatable bonds is 6. The zero-order chi connectivity index (χ0) is 46.7. The van der Waals surface area contributed by atoms with Crippen molar-refractivity contribution in [2.24, 2.45) is 0 Å². The van der Waals surface area contributed by atoms with Crippen LogP contribution >= 0.6 is 0 Å². The van der Waals surface area contributed by atoms with Crippen molar-refractivity contribution in [1.82, 2.24) is 0 Å². The molecule has 3 nitrogen and oxygen atoms in total. The number of fused-ring (bicyclic) bond motifs is 15. The Morgan fingerprint density at radius 1 is 0.324 bits per heavy atom. The number of ether oxygens (including phenoxy) is 1. The van der Waals surface area contributed by atoms with Gasteiger partial charge in [-0.1, -0.05) is 206 Å². The standard InChI is InChI=1S/C68H43NO2/c1-3-20-44(21-4-1)45-40-41-61-52(42-45)66-60(36-19-39-64(66)70-61)69(48-25-17-24-47(43-48)67(46-22-5-2-6-23-46)53-29-10-7-26-49(53)50-27-8-11-30-54(50)67)59-35-18-34-58-65(59)51-28-9-12-31-55(51)68(58)56-32-13-15-37-62(56)71-63-38-16-14-33-57(63)68/h1-43H. The van der Waals surface area contributed by atoms with Crippen molar-refractivity contribution in [3.63, 3.8) is 0 Å². The van der Waals surface area contributed by atoms with E-state index in [2.05, 4.69) is 266 Å². The number of nitrogens with zero attached hydrogens (tertiary/aromatic N) is 1. The van der Waals surface area contributed by atoms with Crippen molar-refractivity contribution in [2.45, 2.75) is 10.8 Å². The summed E-state index contributed by atoms with van der Waals surface area (Å²) in [4.78, 5) is 2.52. The molecule has 0 unspecified atom stereocenters. The second-order valence-corrected chi connectivity index (χ2v) is 19.0.